The van der Waals surface area contributed by atoms with Crippen LogP contribution in [0.15, 0.2) is 28.7 Å². The molecule has 0 radical (unpaired) electrons. The highest BCUT2D eigenvalue weighted by Crippen LogP contribution is 2.45. The molecule has 4 rings (SSSR count). The summed E-state index contributed by atoms with van der Waals surface area (Å²) in [6, 6.07) is 7.87. The van der Waals surface area contributed by atoms with Gasteiger partial charge in [-0.15, -0.1) is 0 Å². The maximum absolute atomic E-state index is 6.44. The number of hydrogen-bond donors (Lipinski definition) is 0. The van der Waals surface area contributed by atoms with Crippen molar-refractivity contribution in [2.24, 2.45) is 0 Å². The number of halogens is 1. The van der Waals surface area contributed by atoms with Gasteiger partial charge in [0.05, 0.1) is 10.7 Å². The van der Waals surface area contributed by atoms with Gasteiger partial charge in [0.25, 0.3) is 0 Å². The molecule has 0 spiro atoms. The van der Waals surface area contributed by atoms with Gasteiger partial charge in [-0.1, -0.05) is 36.7 Å². The minimum absolute atomic E-state index is 0.273. The number of aryl methyl sites for hydroxylation is 2. The molecule has 4 nitrogen and oxygen atoms in total. The molecule has 1 aromatic carbocycles. The summed E-state index contributed by atoms with van der Waals surface area (Å²) in [5.74, 6) is 0.855. The first-order valence-corrected chi connectivity index (χ1v) is 9.78. The fourth-order valence-corrected chi connectivity index (χ4v) is 4.26. The summed E-state index contributed by atoms with van der Waals surface area (Å²) in [7, 11) is 2.25. The number of rotatable bonds is 6. The van der Waals surface area contributed by atoms with Gasteiger partial charge in [0.1, 0.15) is 11.5 Å². The Labute approximate surface area is 159 Å². The molecule has 2 heterocycles. The standard InChI is InChI=1S/C21H26ClN3O/c1-5-12-24(4)21(10-11-21)13-17-14(2)23-25-19(15(3)26-20(17)25)16-8-6-7-9-18(16)22/h6-9H,5,10-13H2,1-4H3. The minimum Gasteiger partial charge on any atom is -0.441 e. The molecule has 1 aliphatic rings. The number of hydrogen-bond acceptors (Lipinski definition) is 3. The first-order valence-electron chi connectivity index (χ1n) is 9.40. The third-order valence-electron chi connectivity index (χ3n) is 5.76. The largest absolute Gasteiger partial charge is 0.441 e. The zero-order valence-electron chi connectivity index (χ0n) is 16.0. The Morgan fingerprint density at radius 3 is 2.65 bits per heavy atom. The third kappa shape index (κ3) is 2.76. The zero-order chi connectivity index (χ0) is 18.5. The lowest BCUT2D eigenvalue weighted by atomic mass is 10.0. The smallest absolute Gasteiger partial charge is 0.225 e. The van der Waals surface area contributed by atoms with E-state index in [0.29, 0.717) is 5.02 Å². The van der Waals surface area contributed by atoms with Crippen molar-refractivity contribution in [1.82, 2.24) is 14.5 Å². The van der Waals surface area contributed by atoms with Crippen LogP contribution in [0.2, 0.25) is 5.02 Å². The summed E-state index contributed by atoms with van der Waals surface area (Å²) in [4.78, 5) is 2.51. The number of oxazole rings is 1. The Balaban J connectivity index is 1.78. The predicted molar refractivity (Wildman–Crippen MR) is 106 cm³/mol. The van der Waals surface area contributed by atoms with Gasteiger partial charge in [0, 0.05) is 16.7 Å². The molecule has 0 amide bonds. The number of fused-ring (bicyclic) bond motifs is 1. The Bertz CT molecular complexity index is 952. The number of likely N-dealkylation sites (N-methyl/N-ethyl adjacent to an activating group) is 1. The van der Waals surface area contributed by atoms with Gasteiger partial charge in [-0.3, -0.25) is 0 Å². The molecule has 3 aromatic rings. The van der Waals surface area contributed by atoms with Crippen molar-refractivity contribution in [2.45, 2.75) is 52.0 Å². The van der Waals surface area contributed by atoms with Crippen LogP contribution in [0.25, 0.3) is 17.0 Å². The van der Waals surface area contributed by atoms with Crippen LogP contribution >= 0.6 is 11.6 Å². The quantitative estimate of drug-likeness (QED) is 0.591. The first kappa shape index (κ1) is 17.6. The molecular weight excluding hydrogens is 346 g/mol. The molecule has 138 valence electrons. The van der Waals surface area contributed by atoms with E-state index in [9.17, 15) is 0 Å². The van der Waals surface area contributed by atoms with Gasteiger partial charge in [-0.25, -0.2) is 0 Å². The molecule has 0 N–H and O–H groups in total. The maximum Gasteiger partial charge on any atom is 0.225 e. The predicted octanol–water partition coefficient (Wildman–Crippen LogP) is 5.28. The summed E-state index contributed by atoms with van der Waals surface area (Å²) in [6.45, 7) is 7.44. The lowest BCUT2D eigenvalue weighted by Gasteiger charge is -2.27. The average molecular weight is 372 g/mol. The summed E-state index contributed by atoms with van der Waals surface area (Å²) < 4.78 is 8.14. The van der Waals surface area contributed by atoms with Crippen LogP contribution in [0, 0.1) is 13.8 Å². The van der Waals surface area contributed by atoms with E-state index in [1.807, 2.05) is 35.7 Å². The second-order valence-electron chi connectivity index (χ2n) is 7.59. The third-order valence-corrected chi connectivity index (χ3v) is 6.09. The minimum atomic E-state index is 0.273. The van der Waals surface area contributed by atoms with Crippen LogP contribution in [0.4, 0.5) is 0 Å². The fourth-order valence-electron chi connectivity index (χ4n) is 4.04. The monoisotopic (exact) mass is 371 g/mol. The number of benzene rings is 1. The van der Waals surface area contributed by atoms with Crippen molar-refractivity contribution in [3.05, 3.63) is 46.3 Å². The Morgan fingerprint density at radius 1 is 1.27 bits per heavy atom. The normalized spacial score (nSPS) is 15.9. The highest BCUT2D eigenvalue weighted by molar-refractivity contribution is 6.33. The summed E-state index contributed by atoms with van der Waals surface area (Å²) in [5.41, 5.74) is 5.33. The van der Waals surface area contributed by atoms with E-state index in [4.69, 9.17) is 21.1 Å². The lowest BCUT2D eigenvalue weighted by Crippen LogP contribution is -2.36. The number of nitrogens with zero attached hydrogens (tertiary/aromatic N) is 3. The van der Waals surface area contributed by atoms with Crippen molar-refractivity contribution in [3.8, 4) is 11.3 Å². The van der Waals surface area contributed by atoms with Gasteiger partial charge in [-0.2, -0.15) is 9.61 Å². The van der Waals surface area contributed by atoms with Gasteiger partial charge in [-0.05, 0) is 59.2 Å². The highest BCUT2D eigenvalue weighted by Gasteiger charge is 2.47. The molecular formula is C21H26ClN3O. The second-order valence-corrected chi connectivity index (χ2v) is 8.00. The zero-order valence-corrected chi connectivity index (χ0v) is 16.7. The molecule has 0 atom stereocenters. The van der Waals surface area contributed by atoms with E-state index in [1.165, 1.54) is 24.8 Å². The van der Waals surface area contributed by atoms with Crippen LogP contribution in [-0.2, 0) is 6.42 Å². The van der Waals surface area contributed by atoms with Crippen molar-refractivity contribution in [3.63, 3.8) is 0 Å². The van der Waals surface area contributed by atoms with Gasteiger partial charge >= 0.3 is 0 Å². The molecule has 26 heavy (non-hydrogen) atoms. The van der Waals surface area contributed by atoms with Gasteiger partial charge in [0.15, 0.2) is 0 Å². The van der Waals surface area contributed by atoms with E-state index in [-0.39, 0.29) is 5.54 Å². The van der Waals surface area contributed by atoms with Crippen LogP contribution in [0.5, 0.6) is 0 Å². The molecule has 0 unspecified atom stereocenters. The summed E-state index contributed by atoms with van der Waals surface area (Å²) >= 11 is 6.44. The first-order chi connectivity index (χ1) is 12.5. The van der Waals surface area contributed by atoms with Crippen LogP contribution in [0.3, 0.4) is 0 Å². The molecule has 1 fully saturated rings. The molecule has 1 aliphatic carbocycles. The van der Waals surface area contributed by atoms with Crippen LogP contribution < -0.4 is 0 Å². The fraction of sp³-hybridized carbons (Fsp3) is 0.476. The molecule has 0 aliphatic heterocycles. The van der Waals surface area contributed by atoms with E-state index in [2.05, 4.69) is 25.8 Å². The second kappa shape index (κ2) is 6.43. The van der Waals surface area contributed by atoms with E-state index in [0.717, 1.165) is 41.4 Å². The molecule has 1 saturated carbocycles. The van der Waals surface area contributed by atoms with Crippen molar-refractivity contribution >= 4 is 17.3 Å². The van der Waals surface area contributed by atoms with Crippen LogP contribution in [-0.4, -0.2) is 33.6 Å². The summed E-state index contributed by atoms with van der Waals surface area (Å²) in [5, 5.41) is 5.53. The number of aromatic nitrogens is 2. The van der Waals surface area contributed by atoms with Crippen molar-refractivity contribution in [2.75, 3.05) is 13.6 Å². The topological polar surface area (TPSA) is 33.7 Å². The van der Waals surface area contributed by atoms with Crippen molar-refractivity contribution in [1.29, 1.82) is 0 Å². The molecule has 0 bridgehead atoms. The van der Waals surface area contributed by atoms with E-state index >= 15 is 0 Å². The Morgan fingerprint density at radius 2 is 2.00 bits per heavy atom. The summed E-state index contributed by atoms with van der Waals surface area (Å²) in [6.07, 6.45) is 4.67. The lowest BCUT2D eigenvalue weighted by molar-refractivity contribution is 0.220. The molecule has 0 saturated heterocycles. The van der Waals surface area contributed by atoms with E-state index in [1.54, 1.807) is 0 Å². The highest BCUT2D eigenvalue weighted by atomic mass is 35.5. The van der Waals surface area contributed by atoms with Gasteiger partial charge in [0.2, 0.25) is 5.71 Å². The van der Waals surface area contributed by atoms with Gasteiger partial charge < -0.3 is 9.32 Å². The Kier molecular flexibility index (Phi) is 4.36. The average Bonchev–Trinajstić information content (AvgIpc) is 3.26. The molecule has 2 aromatic heterocycles. The Hall–Kier alpha value is -1.78. The van der Waals surface area contributed by atoms with Crippen LogP contribution in [0.1, 0.15) is 43.2 Å². The maximum atomic E-state index is 6.44. The van der Waals surface area contributed by atoms with E-state index < -0.39 is 0 Å². The van der Waals surface area contributed by atoms with Crippen molar-refractivity contribution < 1.29 is 4.42 Å². The SMILES string of the molecule is CCCN(C)C1(Cc2c(C)nn3c(-c4ccccc4Cl)c(C)oc23)CC1. The molecule has 5 heteroatoms.